The SMILES string of the molecule is CN1CCC2(CC1)Cc1nc(Cl)ccc1[C@H]2N. The molecule has 0 amide bonds. The first-order valence-electron chi connectivity index (χ1n) is 6.20. The maximum Gasteiger partial charge on any atom is 0.129 e. The smallest absolute Gasteiger partial charge is 0.129 e. The molecule has 1 fully saturated rings. The van der Waals surface area contributed by atoms with Crippen LogP contribution in [0.2, 0.25) is 5.15 Å². The quantitative estimate of drug-likeness (QED) is 0.718. The van der Waals surface area contributed by atoms with Gasteiger partial charge in [-0.1, -0.05) is 17.7 Å². The number of likely N-dealkylation sites (tertiary alicyclic amines) is 1. The lowest BCUT2D eigenvalue weighted by Gasteiger charge is -2.40. The van der Waals surface area contributed by atoms with Gasteiger partial charge in [0, 0.05) is 11.7 Å². The van der Waals surface area contributed by atoms with Gasteiger partial charge in [-0.05, 0) is 56.4 Å². The van der Waals surface area contributed by atoms with E-state index in [2.05, 4.69) is 23.0 Å². The van der Waals surface area contributed by atoms with Gasteiger partial charge >= 0.3 is 0 Å². The van der Waals surface area contributed by atoms with E-state index in [0.29, 0.717) is 5.15 Å². The van der Waals surface area contributed by atoms with Crippen LogP contribution in [0, 0.1) is 5.41 Å². The maximum atomic E-state index is 6.45. The molecule has 1 aromatic rings. The summed E-state index contributed by atoms with van der Waals surface area (Å²) in [5.74, 6) is 0. The zero-order valence-electron chi connectivity index (χ0n) is 10.1. The Hall–Kier alpha value is -0.640. The third kappa shape index (κ3) is 1.77. The highest BCUT2D eigenvalue weighted by molar-refractivity contribution is 6.29. The van der Waals surface area contributed by atoms with Crippen LogP contribution in [0.1, 0.15) is 30.1 Å². The van der Waals surface area contributed by atoms with E-state index in [1.165, 1.54) is 18.4 Å². The number of hydrogen-bond donors (Lipinski definition) is 1. The van der Waals surface area contributed by atoms with Crippen molar-refractivity contribution in [3.8, 4) is 0 Å². The molecule has 0 unspecified atom stereocenters. The molecule has 2 heterocycles. The number of pyridine rings is 1. The zero-order valence-corrected chi connectivity index (χ0v) is 10.9. The lowest BCUT2D eigenvalue weighted by atomic mass is 9.73. The summed E-state index contributed by atoms with van der Waals surface area (Å²) in [6.07, 6.45) is 3.33. The van der Waals surface area contributed by atoms with Crippen molar-refractivity contribution in [2.24, 2.45) is 11.1 Å². The summed E-state index contributed by atoms with van der Waals surface area (Å²) in [7, 11) is 2.18. The molecule has 1 aliphatic carbocycles. The average Bonchev–Trinajstić information content (AvgIpc) is 2.57. The third-order valence-corrected chi connectivity index (χ3v) is 4.68. The molecule has 0 radical (unpaired) electrons. The molecule has 3 nitrogen and oxygen atoms in total. The van der Waals surface area contributed by atoms with Gasteiger partial charge in [0.2, 0.25) is 0 Å². The van der Waals surface area contributed by atoms with Gasteiger partial charge in [-0.3, -0.25) is 0 Å². The zero-order chi connectivity index (χ0) is 12.0. The second kappa shape index (κ2) is 3.94. The first-order chi connectivity index (χ1) is 8.11. The molecule has 1 aromatic heterocycles. The summed E-state index contributed by atoms with van der Waals surface area (Å²) in [6, 6.07) is 4.05. The van der Waals surface area contributed by atoms with E-state index in [1.54, 1.807) is 0 Å². The highest BCUT2D eigenvalue weighted by atomic mass is 35.5. The molecule has 3 rings (SSSR count). The van der Waals surface area contributed by atoms with E-state index in [0.717, 1.165) is 25.2 Å². The van der Waals surface area contributed by atoms with Crippen LogP contribution >= 0.6 is 11.6 Å². The topological polar surface area (TPSA) is 42.2 Å². The molecule has 0 bridgehead atoms. The highest BCUT2D eigenvalue weighted by Crippen LogP contribution is 2.50. The summed E-state index contributed by atoms with van der Waals surface area (Å²) in [5, 5.41) is 0.584. The number of piperidine rings is 1. The molecule has 0 aromatic carbocycles. The minimum atomic E-state index is 0.135. The monoisotopic (exact) mass is 251 g/mol. The Morgan fingerprint density at radius 3 is 2.82 bits per heavy atom. The van der Waals surface area contributed by atoms with Crippen LogP contribution in [0.15, 0.2) is 12.1 Å². The van der Waals surface area contributed by atoms with Gasteiger partial charge in [-0.15, -0.1) is 0 Å². The minimum Gasteiger partial charge on any atom is -0.323 e. The van der Waals surface area contributed by atoms with Crippen LogP contribution in [0.25, 0.3) is 0 Å². The molecule has 2 N–H and O–H groups in total. The van der Waals surface area contributed by atoms with E-state index >= 15 is 0 Å². The van der Waals surface area contributed by atoms with Gasteiger partial charge in [0.25, 0.3) is 0 Å². The van der Waals surface area contributed by atoms with Crippen LogP contribution in [0.5, 0.6) is 0 Å². The van der Waals surface area contributed by atoms with E-state index < -0.39 is 0 Å². The molecule has 1 atom stereocenters. The number of nitrogens with zero attached hydrogens (tertiary/aromatic N) is 2. The molecule has 2 aliphatic rings. The number of halogens is 1. The first kappa shape index (κ1) is 11.5. The van der Waals surface area contributed by atoms with Gasteiger partial charge < -0.3 is 10.6 Å². The summed E-state index contributed by atoms with van der Waals surface area (Å²) < 4.78 is 0. The second-order valence-electron chi connectivity index (χ2n) is 5.49. The fraction of sp³-hybridized carbons (Fsp3) is 0.615. The molecule has 17 heavy (non-hydrogen) atoms. The molecule has 1 spiro atoms. The maximum absolute atomic E-state index is 6.45. The van der Waals surface area contributed by atoms with Crippen LogP contribution in [-0.4, -0.2) is 30.0 Å². The normalized spacial score (nSPS) is 27.4. The predicted octanol–water partition coefficient (Wildman–Crippen LogP) is 2.00. The number of aromatic nitrogens is 1. The summed E-state index contributed by atoms with van der Waals surface area (Å²) >= 11 is 5.96. The number of nitrogens with two attached hydrogens (primary N) is 1. The molecular weight excluding hydrogens is 234 g/mol. The number of hydrogen-bond acceptors (Lipinski definition) is 3. The Kier molecular flexibility index (Phi) is 2.65. The van der Waals surface area contributed by atoms with Crippen LogP contribution in [0.4, 0.5) is 0 Å². The number of fused-ring (bicyclic) bond motifs is 1. The standard InChI is InChI=1S/C13H18ClN3/c1-17-6-4-13(5-7-17)8-10-9(12(13)15)2-3-11(14)16-10/h2-3,12H,4-8,15H2,1H3/t12-/m1/s1. The van der Waals surface area contributed by atoms with E-state index in [-0.39, 0.29) is 11.5 Å². The van der Waals surface area contributed by atoms with Crippen molar-refractivity contribution in [1.29, 1.82) is 0 Å². The van der Waals surface area contributed by atoms with Crippen LogP contribution < -0.4 is 5.73 Å². The van der Waals surface area contributed by atoms with Crippen molar-refractivity contribution in [2.75, 3.05) is 20.1 Å². The summed E-state index contributed by atoms with van der Waals surface area (Å²) in [6.45, 7) is 2.27. The van der Waals surface area contributed by atoms with E-state index in [1.807, 2.05) is 6.07 Å². The first-order valence-corrected chi connectivity index (χ1v) is 6.58. The van der Waals surface area contributed by atoms with Gasteiger partial charge in [-0.2, -0.15) is 0 Å². The molecular formula is C13H18ClN3. The van der Waals surface area contributed by atoms with Crippen molar-refractivity contribution in [3.63, 3.8) is 0 Å². The summed E-state index contributed by atoms with van der Waals surface area (Å²) in [4.78, 5) is 6.82. The second-order valence-corrected chi connectivity index (χ2v) is 5.88. The molecule has 1 aliphatic heterocycles. The van der Waals surface area contributed by atoms with Gasteiger partial charge in [0.05, 0.1) is 0 Å². The third-order valence-electron chi connectivity index (χ3n) is 4.47. The Morgan fingerprint density at radius 1 is 1.41 bits per heavy atom. The van der Waals surface area contributed by atoms with E-state index in [9.17, 15) is 0 Å². The average molecular weight is 252 g/mol. The van der Waals surface area contributed by atoms with E-state index in [4.69, 9.17) is 17.3 Å². The Morgan fingerprint density at radius 2 is 2.12 bits per heavy atom. The Bertz CT molecular complexity index is 438. The highest BCUT2D eigenvalue weighted by Gasteiger charge is 2.46. The lowest BCUT2D eigenvalue weighted by Crippen LogP contribution is -2.42. The van der Waals surface area contributed by atoms with Gasteiger partial charge in [0.15, 0.2) is 0 Å². The number of rotatable bonds is 0. The largest absolute Gasteiger partial charge is 0.323 e. The van der Waals surface area contributed by atoms with Gasteiger partial charge in [0.1, 0.15) is 5.15 Å². The van der Waals surface area contributed by atoms with Crippen LogP contribution in [0.3, 0.4) is 0 Å². The van der Waals surface area contributed by atoms with Crippen molar-refractivity contribution in [2.45, 2.75) is 25.3 Å². The van der Waals surface area contributed by atoms with Crippen molar-refractivity contribution in [1.82, 2.24) is 9.88 Å². The van der Waals surface area contributed by atoms with Crippen LogP contribution in [-0.2, 0) is 6.42 Å². The fourth-order valence-corrected chi connectivity index (χ4v) is 3.40. The minimum absolute atomic E-state index is 0.135. The lowest BCUT2D eigenvalue weighted by molar-refractivity contribution is 0.105. The van der Waals surface area contributed by atoms with Crippen molar-refractivity contribution >= 4 is 11.6 Å². The fourth-order valence-electron chi connectivity index (χ4n) is 3.24. The molecule has 4 heteroatoms. The molecule has 92 valence electrons. The Balaban J connectivity index is 1.92. The van der Waals surface area contributed by atoms with Gasteiger partial charge in [-0.25, -0.2) is 4.98 Å². The van der Waals surface area contributed by atoms with Crippen molar-refractivity contribution < 1.29 is 0 Å². The molecule has 1 saturated heterocycles. The Labute approximate surface area is 107 Å². The molecule has 0 saturated carbocycles. The summed E-state index contributed by atoms with van der Waals surface area (Å²) in [5.41, 5.74) is 9.01. The van der Waals surface area contributed by atoms with Crippen molar-refractivity contribution in [3.05, 3.63) is 28.5 Å². The predicted molar refractivity (Wildman–Crippen MR) is 69.0 cm³/mol.